The van der Waals surface area contributed by atoms with Gasteiger partial charge in [0, 0.05) is 5.56 Å². The van der Waals surface area contributed by atoms with Gasteiger partial charge in [0.2, 0.25) is 0 Å². The molecule has 0 unspecified atom stereocenters. The average molecular weight is 184 g/mol. The van der Waals surface area contributed by atoms with E-state index >= 15 is 0 Å². The number of carbonyl (C=O) groups excluding carboxylic acids is 1. The van der Waals surface area contributed by atoms with Crippen molar-refractivity contribution in [3.63, 3.8) is 0 Å². The van der Waals surface area contributed by atoms with E-state index in [9.17, 15) is 4.79 Å². The molecule has 0 saturated carbocycles. The van der Waals surface area contributed by atoms with Crippen LogP contribution in [0.3, 0.4) is 0 Å². The molecule has 0 heterocycles. The fourth-order valence-electron chi connectivity index (χ4n) is 1.62. The number of aldehydes is 1. The van der Waals surface area contributed by atoms with Gasteiger partial charge in [-0.2, -0.15) is 0 Å². The molecule has 1 nitrogen and oxygen atoms in total. The number of hydrogen-bond acceptors (Lipinski definition) is 1. The quantitative estimate of drug-likeness (QED) is 0.645. The van der Waals surface area contributed by atoms with Gasteiger partial charge in [-0.25, -0.2) is 0 Å². The normalized spacial score (nSPS) is 15.0. The highest BCUT2D eigenvalue weighted by Gasteiger charge is 2.01. The molecule has 0 aliphatic heterocycles. The predicted octanol–water partition coefficient (Wildman–Crippen LogP) is 3.23. The van der Waals surface area contributed by atoms with Gasteiger partial charge in [0.05, 0.1) is 0 Å². The number of benzene rings is 1. The summed E-state index contributed by atoms with van der Waals surface area (Å²) in [7, 11) is 0. The summed E-state index contributed by atoms with van der Waals surface area (Å²) in [6.45, 7) is 0. The second kappa shape index (κ2) is 4.05. The summed E-state index contributed by atoms with van der Waals surface area (Å²) in [5.41, 5.74) is 3.09. The van der Waals surface area contributed by atoms with E-state index < -0.39 is 0 Å². The van der Waals surface area contributed by atoms with E-state index in [1.54, 1.807) is 0 Å². The Bertz CT molecular complexity index is 399. The first-order valence-electron chi connectivity index (χ1n) is 4.82. The molecule has 0 fully saturated rings. The zero-order valence-corrected chi connectivity index (χ0v) is 7.94. The smallest absolute Gasteiger partial charge is 0.150 e. The Balaban J connectivity index is 2.36. The molecule has 0 spiro atoms. The molecule has 0 amide bonds. The maximum absolute atomic E-state index is 10.6. The molecule has 1 heteroatoms. The van der Waals surface area contributed by atoms with Crippen molar-refractivity contribution in [2.24, 2.45) is 0 Å². The molecule has 0 saturated heterocycles. The highest BCUT2D eigenvalue weighted by Crippen LogP contribution is 2.21. The fourth-order valence-corrected chi connectivity index (χ4v) is 1.62. The van der Waals surface area contributed by atoms with Crippen LogP contribution in [-0.2, 0) is 0 Å². The summed E-state index contributed by atoms with van der Waals surface area (Å²) in [6.07, 6.45) is 9.60. The van der Waals surface area contributed by atoms with Crippen molar-refractivity contribution >= 4 is 11.9 Å². The van der Waals surface area contributed by atoms with Gasteiger partial charge >= 0.3 is 0 Å². The van der Waals surface area contributed by atoms with Gasteiger partial charge in [-0.1, -0.05) is 36.4 Å². The first-order chi connectivity index (χ1) is 6.90. The van der Waals surface area contributed by atoms with Gasteiger partial charge in [-0.3, -0.25) is 4.79 Å². The molecule has 14 heavy (non-hydrogen) atoms. The molecule has 0 bridgehead atoms. The lowest BCUT2D eigenvalue weighted by molar-refractivity contribution is 0.112. The molecule has 2 rings (SSSR count). The minimum absolute atomic E-state index is 0.738. The molecule has 0 radical (unpaired) electrons. The van der Waals surface area contributed by atoms with Crippen LogP contribution in [0.5, 0.6) is 0 Å². The van der Waals surface area contributed by atoms with Crippen molar-refractivity contribution in [2.45, 2.75) is 12.8 Å². The summed E-state index contributed by atoms with van der Waals surface area (Å²) in [6, 6.07) is 7.70. The molecule has 0 atom stereocenters. The Morgan fingerprint density at radius 3 is 2.86 bits per heavy atom. The topological polar surface area (TPSA) is 17.1 Å². The second-order valence-corrected chi connectivity index (χ2v) is 3.38. The number of rotatable bonds is 2. The van der Waals surface area contributed by atoms with Crippen LogP contribution in [0.1, 0.15) is 28.8 Å². The summed E-state index contributed by atoms with van der Waals surface area (Å²) in [4.78, 5) is 10.6. The van der Waals surface area contributed by atoms with Gasteiger partial charge in [0.1, 0.15) is 6.29 Å². The number of hydrogen-bond donors (Lipinski definition) is 0. The molecule has 0 aromatic heterocycles. The van der Waals surface area contributed by atoms with Crippen LogP contribution in [0, 0.1) is 0 Å². The lowest BCUT2D eigenvalue weighted by Gasteiger charge is -2.07. The molecule has 1 aliphatic rings. The SMILES string of the molecule is O=Cc1cccc(C2=CCCC=C2)c1. The minimum Gasteiger partial charge on any atom is -0.298 e. The van der Waals surface area contributed by atoms with Crippen LogP contribution in [0.15, 0.2) is 42.5 Å². The first-order valence-corrected chi connectivity index (χ1v) is 4.82. The van der Waals surface area contributed by atoms with Gasteiger partial charge < -0.3 is 0 Å². The van der Waals surface area contributed by atoms with E-state index in [-0.39, 0.29) is 0 Å². The zero-order chi connectivity index (χ0) is 9.80. The van der Waals surface area contributed by atoms with E-state index in [1.807, 2.05) is 24.3 Å². The van der Waals surface area contributed by atoms with Crippen LogP contribution in [0.4, 0.5) is 0 Å². The van der Waals surface area contributed by atoms with E-state index in [0.29, 0.717) is 0 Å². The third kappa shape index (κ3) is 1.82. The molecular weight excluding hydrogens is 172 g/mol. The number of carbonyl (C=O) groups is 1. The standard InChI is InChI=1S/C13H12O/c14-10-11-5-4-8-13(9-11)12-6-2-1-3-7-12/h2,4-10H,1,3H2. The first kappa shape index (κ1) is 8.95. The Hall–Kier alpha value is -1.63. The molecule has 0 N–H and O–H groups in total. The minimum atomic E-state index is 0.738. The maximum Gasteiger partial charge on any atom is 0.150 e. The van der Waals surface area contributed by atoms with Crippen molar-refractivity contribution in [2.75, 3.05) is 0 Å². The lowest BCUT2D eigenvalue weighted by Crippen LogP contribution is -1.87. The van der Waals surface area contributed by atoms with Crippen molar-refractivity contribution in [1.82, 2.24) is 0 Å². The summed E-state index contributed by atoms with van der Waals surface area (Å²) in [5.74, 6) is 0. The van der Waals surface area contributed by atoms with Gasteiger partial charge in [-0.05, 0) is 30.0 Å². The molecular formula is C13H12O. The zero-order valence-electron chi connectivity index (χ0n) is 7.94. The van der Waals surface area contributed by atoms with Gasteiger partial charge in [0.15, 0.2) is 0 Å². The fraction of sp³-hybridized carbons (Fsp3) is 0.154. The van der Waals surface area contributed by atoms with Crippen LogP contribution < -0.4 is 0 Å². The van der Waals surface area contributed by atoms with Crippen LogP contribution in [0.25, 0.3) is 5.57 Å². The Morgan fingerprint density at radius 2 is 2.14 bits per heavy atom. The van der Waals surface area contributed by atoms with Gasteiger partial charge in [0.25, 0.3) is 0 Å². The monoisotopic (exact) mass is 184 g/mol. The highest BCUT2D eigenvalue weighted by molar-refractivity contribution is 5.81. The Morgan fingerprint density at radius 1 is 1.21 bits per heavy atom. The van der Waals surface area contributed by atoms with Crippen LogP contribution >= 0.6 is 0 Å². The second-order valence-electron chi connectivity index (χ2n) is 3.38. The Kier molecular flexibility index (Phi) is 2.59. The highest BCUT2D eigenvalue weighted by atomic mass is 16.1. The van der Waals surface area contributed by atoms with Crippen molar-refractivity contribution in [1.29, 1.82) is 0 Å². The lowest BCUT2D eigenvalue weighted by atomic mass is 9.98. The van der Waals surface area contributed by atoms with Crippen molar-refractivity contribution < 1.29 is 4.79 Å². The van der Waals surface area contributed by atoms with Crippen LogP contribution in [0.2, 0.25) is 0 Å². The van der Waals surface area contributed by atoms with Crippen LogP contribution in [-0.4, -0.2) is 6.29 Å². The van der Waals surface area contributed by atoms with Crippen molar-refractivity contribution in [3.8, 4) is 0 Å². The summed E-state index contributed by atoms with van der Waals surface area (Å²) >= 11 is 0. The molecule has 1 aromatic carbocycles. The third-order valence-corrected chi connectivity index (χ3v) is 2.35. The van der Waals surface area contributed by atoms with E-state index in [2.05, 4.69) is 18.2 Å². The van der Waals surface area contributed by atoms with Crippen molar-refractivity contribution in [3.05, 3.63) is 53.6 Å². The molecule has 70 valence electrons. The molecule has 1 aliphatic carbocycles. The summed E-state index contributed by atoms with van der Waals surface area (Å²) in [5, 5.41) is 0. The van der Waals surface area contributed by atoms with E-state index in [4.69, 9.17) is 0 Å². The average Bonchev–Trinajstić information content (AvgIpc) is 2.30. The third-order valence-electron chi connectivity index (χ3n) is 2.35. The number of allylic oxidation sites excluding steroid dienone is 4. The largest absolute Gasteiger partial charge is 0.298 e. The maximum atomic E-state index is 10.6. The molecule has 1 aromatic rings. The van der Waals surface area contributed by atoms with E-state index in [1.165, 1.54) is 5.57 Å². The Labute approximate surface area is 83.8 Å². The summed E-state index contributed by atoms with van der Waals surface area (Å²) < 4.78 is 0. The predicted molar refractivity (Wildman–Crippen MR) is 58.2 cm³/mol. The van der Waals surface area contributed by atoms with E-state index in [0.717, 1.165) is 30.3 Å². The van der Waals surface area contributed by atoms with Gasteiger partial charge in [-0.15, -0.1) is 0 Å².